The Morgan fingerprint density at radius 1 is 1.44 bits per heavy atom. The Bertz CT molecular complexity index is 123. The van der Waals surface area contributed by atoms with E-state index in [-0.39, 0.29) is 0 Å². The van der Waals surface area contributed by atoms with Gasteiger partial charge in [0.25, 0.3) is 0 Å². The lowest BCUT2D eigenvalue weighted by atomic mass is 10.6. The lowest BCUT2D eigenvalue weighted by Crippen LogP contribution is -2.11. The average molecular weight is 153 g/mol. The van der Waals surface area contributed by atoms with Crippen molar-refractivity contribution in [3.8, 4) is 0 Å². The van der Waals surface area contributed by atoms with E-state index < -0.39 is 13.3 Å². The van der Waals surface area contributed by atoms with Gasteiger partial charge in [0.1, 0.15) is 0 Å². The van der Waals surface area contributed by atoms with Crippen molar-refractivity contribution in [1.82, 2.24) is 4.67 Å². The average Bonchev–Trinajstić information content (AvgIpc) is 1.65. The third kappa shape index (κ3) is 2.07. The summed E-state index contributed by atoms with van der Waals surface area (Å²) in [6.07, 6.45) is 0. The summed E-state index contributed by atoms with van der Waals surface area (Å²) in [4.78, 5) is 0. The summed E-state index contributed by atoms with van der Waals surface area (Å²) >= 11 is 0. The number of hydrogen-bond donors (Lipinski definition) is 0. The van der Waals surface area contributed by atoms with E-state index in [2.05, 4.69) is 0 Å². The summed E-state index contributed by atoms with van der Waals surface area (Å²) < 4.78 is 24.8. The van der Waals surface area contributed by atoms with Gasteiger partial charge in [0, 0.05) is 5.66 Å². The molecule has 0 amide bonds. The van der Waals surface area contributed by atoms with Crippen molar-refractivity contribution in [3.63, 3.8) is 0 Å². The molecule has 0 aromatic rings. The second kappa shape index (κ2) is 2.80. The molecule has 0 saturated carbocycles. The normalized spacial score (nSPS) is 18.6. The molecule has 0 aromatic carbocycles. The first-order chi connectivity index (χ1) is 3.89. The summed E-state index contributed by atoms with van der Waals surface area (Å²) in [6, 6.07) is 0. The zero-order valence-corrected chi connectivity index (χ0v) is 7.15. The van der Waals surface area contributed by atoms with Gasteiger partial charge in [-0.25, -0.2) is 4.67 Å². The highest BCUT2D eigenvalue weighted by Gasteiger charge is 2.27. The van der Waals surface area contributed by atoms with Gasteiger partial charge in [-0.3, -0.25) is 4.57 Å². The topological polar surface area (TPSA) is 20.3 Å². The molecule has 0 bridgehead atoms. The molecule has 0 aliphatic rings. The van der Waals surface area contributed by atoms with Crippen molar-refractivity contribution < 1.29 is 8.76 Å². The molecule has 4 heteroatoms. The zero-order valence-electron chi connectivity index (χ0n) is 6.26. The van der Waals surface area contributed by atoms with E-state index in [1.165, 1.54) is 14.1 Å². The highest BCUT2D eigenvalue weighted by molar-refractivity contribution is 7.56. The second-order valence-electron chi connectivity index (χ2n) is 2.49. The van der Waals surface area contributed by atoms with Crippen molar-refractivity contribution in [2.75, 3.05) is 14.1 Å². The van der Waals surface area contributed by atoms with Gasteiger partial charge in [-0.1, -0.05) is 13.8 Å². The second-order valence-corrected chi connectivity index (χ2v) is 5.41. The molecule has 0 aliphatic carbocycles. The molecular weight excluding hydrogens is 140 g/mol. The van der Waals surface area contributed by atoms with Crippen LogP contribution in [0.2, 0.25) is 0 Å². The van der Waals surface area contributed by atoms with Crippen molar-refractivity contribution in [1.29, 1.82) is 0 Å². The third-order valence-corrected chi connectivity index (χ3v) is 3.55. The highest BCUT2D eigenvalue weighted by Crippen LogP contribution is 2.53. The van der Waals surface area contributed by atoms with Crippen LogP contribution in [0.5, 0.6) is 0 Å². The van der Waals surface area contributed by atoms with E-state index in [1.54, 1.807) is 13.8 Å². The van der Waals surface area contributed by atoms with Gasteiger partial charge in [0.05, 0.1) is 0 Å². The van der Waals surface area contributed by atoms with Gasteiger partial charge >= 0.3 is 7.60 Å². The van der Waals surface area contributed by atoms with E-state index in [0.717, 1.165) is 4.67 Å². The largest absolute Gasteiger partial charge is 0.312 e. The maximum Gasteiger partial charge on any atom is 0.312 e. The minimum absolute atomic E-state index is 0.396. The number of nitrogens with zero attached hydrogens (tertiary/aromatic N) is 1. The van der Waals surface area contributed by atoms with E-state index in [1.807, 2.05) is 0 Å². The van der Waals surface area contributed by atoms with Gasteiger partial charge in [0.2, 0.25) is 0 Å². The summed E-state index contributed by atoms with van der Waals surface area (Å²) in [7, 11) is -0.529. The van der Waals surface area contributed by atoms with Crippen molar-refractivity contribution in [2.45, 2.75) is 19.5 Å². The van der Waals surface area contributed by atoms with Crippen LogP contribution in [0.4, 0.5) is 4.20 Å². The molecular formula is C5H13FNOP. The summed E-state index contributed by atoms with van der Waals surface area (Å²) in [5, 5.41) is 0. The molecule has 56 valence electrons. The third-order valence-electron chi connectivity index (χ3n) is 1.18. The van der Waals surface area contributed by atoms with Crippen LogP contribution in [0.25, 0.3) is 0 Å². The molecule has 0 aromatic heterocycles. The van der Waals surface area contributed by atoms with Crippen molar-refractivity contribution in [3.05, 3.63) is 0 Å². The predicted molar refractivity (Wildman–Crippen MR) is 37.5 cm³/mol. The molecule has 1 unspecified atom stereocenters. The van der Waals surface area contributed by atoms with Gasteiger partial charge in [-0.05, 0) is 14.1 Å². The first kappa shape index (κ1) is 9.12. The van der Waals surface area contributed by atoms with E-state index in [4.69, 9.17) is 0 Å². The fourth-order valence-electron chi connectivity index (χ4n) is 0.462. The van der Waals surface area contributed by atoms with Crippen LogP contribution in [0.3, 0.4) is 0 Å². The Labute approximate surface area is 55.6 Å². The minimum Gasteiger partial charge on any atom is -0.269 e. The van der Waals surface area contributed by atoms with Crippen LogP contribution >= 0.6 is 7.60 Å². The Balaban J connectivity index is 4.21. The van der Waals surface area contributed by atoms with Crippen LogP contribution in [0, 0.1) is 0 Å². The molecule has 0 N–H and O–H groups in total. The molecule has 0 heterocycles. The maximum absolute atomic E-state index is 12.8. The maximum atomic E-state index is 12.8. The van der Waals surface area contributed by atoms with Crippen LogP contribution in [0.1, 0.15) is 13.8 Å². The fourth-order valence-corrected chi connectivity index (χ4v) is 1.39. The quantitative estimate of drug-likeness (QED) is 0.566. The van der Waals surface area contributed by atoms with Gasteiger partial charge < -0.3 is 0 Å². The molecule has 0 spiro atoms. The summed E-state index contributed by atoms with van der Waals surface area (Å²) in [6.45, 7) is 3.22. The molecule has 0 fully saturated rings. The Morgan fingerprint density at radius 2 is 1.78 bits per heavy atom. The predicted octanol–water partition coefficient (Wildman–Crippen LogP) is 2.12. The standard InChI is InChI=1S/C5H13FNOP/c1-5(2)9(6,8)7(3)4/h5H,1-4H3. The van der Waals surface area contributed by atoms with E-state index in [9.17, 15) is 8.76 Å². The van der Waals surface area contributed by atoms with Gasteiger partial charge in [-0.15, -0.1) is 0 Å². The van der Waals surface area contributed by atoms with Crippen LogP contribution in [-0.4, -0.2) is 24.4 Å². The van der Waals surface area contributed by atoms with Crippen LogP contribution in [0.15, 0.2) is 0 Å². The summed E-state index contributed by atoms with van der Waals surface area (Å²) in [5.41, 5.74) is -0.396. The highest BCUT2D eigenvalue weighted by atomic mass is 31.2. The molecule has 0 radical (unpaired) electrons. The van der Waals surface area contributed by atoms with Gasteiger partial charge in [0.15, 0.2) is 0 Å². The molecule has 9 heavy (non-hydrogen) atoms. The molecule has 0 saturated heterocycles. The zero-order chi connectivity index (χ0) is 7.65. The lowest BCUT2D eigenvalue weighted by Gasteiger charge is -2.18. The first-order valence-corrected chi connectivity index (χ1v) is 4.48. The molecule has 1 atom stereocenters. The van der Waals surface area contributed by atoms with Crippen LogP contribution in [-0.2, 0) is 4.57 Å². The summed E-state index contributed by atoms with van der Waals surface area (Å²) in [5.74, 6) is 0. The minimum atomic E-state index is -3.50. The number of halogens is 1. The van der Waals surface area contributed by atoms with Crippen molar-refractivity contribution >= 4 is 7.60 Å². The number of rotatable bonds is 2. The van der Waals surface area contributed by atoms with Gasteiger partial charge in [-0.2, -0.15) is 4.20 Å². The smallest absolute Gasteiger partial charge is 0.269 e. The molecule has 0 aliphatic heterocycles. The Morgan fingerprint density at radius 3 is 1.78 bits per heavy atom. The fraction of sp³-hybridized carbons (Fsp3) is 1.00. The first-order valence-electron chi connectivity index (χ1n) is 2.86. The SMILES string of the molecule is CC(C)P(=O)(F)N(C)C. The van der Waals surface area contributed by atoms with E-state index >= 15 is 0 Å². The Kier molecular flexibility index (Phi) is 2.84. The van der Waals surface area contributed by atoms with Crippen molar-refractivity contribution in [2.24, 2.45) is 0 Å². The van der Waals surface area contributed by atoms with Crippen LogP contribution < -0.4 is 0 Å². The van der Waals surface area contributed by atoms with E-state index in [0.29, 0.717) is 0 Å². The molecule has 2 nitrogen and oxygen atoms in total. The Hall–Kier alpha value is 0.120. The monoisotopic (exact) mass is 153 g/mol. The lowest BCUT2D eigenvalue weighted by molar-refractivity contribution is 0.459. The number of hydrogen-bond acceptors (Lipinski definition) is 1. The molecule has 0 rings (SSSR count).